The van der Waals surface area contributed by atoms with Crippen LogP contribution in [0.25, 0.3) is 0 Å². The van der Waals surface area contributed by atoms with Crippen molar-refractivity contribution in [2.45, 2.75) is 65.9 Å². The van der Waals surface area contributed by atoms with Crippen molar-refractivity contribution in [2.75, 3.05) is 7.05 Å². The van der Waals surface area contributed by atoms with Crippen molar-refractivity contribution in [2.24, 2.45) is 10.8 Å². The first kappa shape index (κ1) is 26.0. The number of Topliss-reactive ketones (excluding diaryl/α,β-unsaturated/α-hetero) is 2. The lowest BCUT2D eigenvalue weighted by molar-refractivity contribution is -0.119. The molecule has 2 aromatic rings. The molecule has 198 valence electrons. The van der Waals surface area contributed by atoms with Crippen LogP contribution in [0.1, 0.15) is 80.8 Å². The molecule has 0 spiro atoms. The van der Waals surface area contributed by atoms with Crippen LogP contribution < -0.4 is 4.74 Å². The molecule has 2 aromatic carbocycles. The third-order valence-electron chi connectivity index (χ3n) is 8.01. The molecule has 1 heterocycles. The van der Waals surface area contributed by atoms with E-state index in [0.717, 1.165) is 46.5 Å². The van der Waals surface area contributed by atoms with Crippen LogP contribution in [0.3, 0.4) is 0 Å². The van der Waals surface area contributed by atoms with Gasteiger partial charge in [0.1, 0.15) is 12.4 Å². The summed E-state index contributed by atoms with van der Waals surface area (Å²) in [6.07, 6.45) is 2.42. The number of carbonyl (C=O) groups is 3. The maximum Gasteiger partial charge on any atom is 0.335 e. The normalized spacial score (nSPS) is 20.8. The highest BCUT2D eigenvalue weighted by Crippen LogP contribution is 2.55. The highest BCUT2D eigenvalue weighted by molar-refractivity contribution is 6.07. The van der Waals surface area contributed by atoms with Crippen molar-refractivity contribution in [3.63, 3.8) is 0 Å². The molecule has 6 heteroatoms. The van der Waals surface area contributed by atoms with E-state index in [1.807, 2.05) is 31.3 Å². The zero-order valence-corrected chi connectivity index (χ0v) is 22.8. The summed E-state index contributed by atoms with van der Waals surface area (Å²) in [6, 6.07) is 14.3. The van der Waals surface area contributed by atoms with Crippen molar-refractivity contribution in [3.8, 4) is 5.75 Å². The number of allylic oxidation sites excluding steroid dienone is 4. The SMILES string of the molecule is CN1C2=C(C(=O)CC(C)(C)C2)C(c2ccccc2OCc2ccc(C(=O)O)cc2)C2=C1CC(C)(C)CC2=O. The minimum Gasteiger partial charge on any atom is -0.489 e. The molecule has 1 aliphatic heterocycles. The second-order valence-electron chi connectivity index (χ2n) is 12.4. The number of rotatable bonds is 5. The number of hydrogen-bond acceptors (Lipinski definition) is 5. The molecule has 0 atom stereocenters. The molecule has 6 nitrogen and oxygen atoms in total. The number of para-hydroxylation sites is 1. The van der Waals surface area contributed by atoms with Crippen molar-refractivity contribution in [1.29, 1.82) is 0 Å². The molecule has 0 unspecified atom stereocenters. The van der Waals surface area contributed by atoms with E-state index in [0.29, 0.717) is 18.6 Å². The predicted octanol–water partition coefficient (Wildman–Crippen LogP) is 6.28. The van der Waals surface area contributed by atoms with Crippen LogP contribution in [0, 0.1) is 10.8 Å². The molecule has 0 amide bonds. The number of ketones is 2. The molecule has 0 fully saturated rings. The molecular formula is C32H35NO5. The number of carboxylic acids is 1. The number of carbonyl (C=O) groups excluding carboxylic acids is 2. The molecule has 38 heavy (non-hydrogen) atoms. The zero-order chi connectivity index (χ0) is 27.4. The van der Waals surface area contributed by atoms with E-state index >= 15 is 0 Å². The molecule has 0 radical (unpaired) electrons. The van der Waals surface area contributed by atoms with Crippen molar-refractivity contribution >= 4 is 17.5 Å². The smallest absolute Gasteiger partial charge is 0.335 e. The van der Waals surface area contributed by atoms with Gasteiger partial charge in [-0.25, -0.2) is 4.79 Å². The van der Waals surface area contributed by atoms with Crippen LogP contribution in [0.15, 0.2) is 71.1 Å². The summed E-state index contributed by atoms with van der Waals surface area (Å²) in [5.41, 5.74) is 5.04. The highest BCUT2D eigenvalue weighted by atomic mass is 16.5. The summed E-state index contributed by atoms with van der Waals surface area (Å²) in [5.74, 6) is -0.626. The fourth-order valence-electron chi connectivity index (χ4n) is 6.23. The average Bonchev–Trinajstić information content (AvgIpc) is 2.83. The molecule has 5 rings (SSSR count). The minimum absolute atomic E-state index is 0.0938. The Hall–Kier alpha value is -3.67. The van der Waals surface area contributed by atoms with Gasteiger partial charge in [0.15, 0.2) is 11.6 Å². The third-order valence-corrected chi connectivity index (χ3v) is 8.01. The average molecular weight is 514 g/mol. The second-order valence-corrected chi connectivity index (χ2v) is 12.4. The Morgan fingerprint density at radius 2 is 1.39 bits per heavy atom. The van der Waals surface area contributed by atoms with Crippen LogP contribution >= 0.6 is 0 Å². The van der Waals surface area contributed by atoms with Crippen LogP contribution in [0.4, 0.5) is 0 Å². The number of aromatic carboxylic acids is 1. The van der Waals surface area contributed by atoms with Gasteiger partial charge in [-0.1, -0.05) is 58.0 Å². The van der Waals surface area contributed by atoms with Crippen molar-refractivity contribution in [3.05, 3.63) is 87.8 Å². The van der Waals surface area contributed by atoms with Crippen LogP contribution in [-0.2, 0) is 16.2 Å². The molecule has 0 saturated heterocycles. The Bertz CT molecular complexity index is 1340. The van der Waals surface area contributed by atoms with Gasteiger partial charge >= 0.3 is 5.97 Å². The van der Waals surface area contributed by atoms with Gasteiger partial charge in [-0.05, 0) is 47.4 Å². The Kier molecular flexibility index (Phi) is 6.33. The molecule has 0 bridgehead atoms. The quantitative estimate of drug-likeness (QED) is 0.507. The molecular weight excluding hydrogens is 478 g/mol. The number of nitrogens with zero attached hydrogens (tertiary/aromatic N) is 1. The lowest BCUT2D eigenvalue weighted by atomic mass is 9.63. The topological polar surface area (TPSA) is 83.9 Å². The van der Waals surface area contributed by atoms with Gasteiger partial charge in [0.25, 0.3) is 0 Å². The molecule has 2 aliphatic carbocycles. The molecule has 3 aliphatic rings. The summed E-state index contributed by atoms with van der Waals surface area (Å²) < 4.78 is 6.29. The van der Waals surface area contributed by atoms with Gasteiger partial charge in [0.2, 0.25) is 0 Å². The maximum atomic E-state index is 13.8. The van der Waals surface area contributed by atoms with E-state index in [4.69, 9.17) is 4.74 Å². The Morgan fingerprint density at radius 1 is 0.868 bits per heavy atom. The van der Waals surface area contributed by atoms with Gasteiger partial charge in [0.05, 0.1) is 5.56 Å². The monoisotopic (exact) mass is 513 g/mol. The van der Waals surface area contributed by atoms with Crippen LogP contribution in [-0.4, -0.2) is 34.6 Å². The van der Waals surface area contributed by atoms with Crippen LogP contribution in [0.5, 0.6) is 5.75 Å². The van der Waals surface area contributed by atoms with E-state index in [-0.39, 0.29) is 34.6 Å². The predicted molar refractivity (Wildman–Crippen MR) is 145 cm³/mol. The third kappa shape index (κ3) is 4.68. The summed E-state index contributed by atoms with van der Waals surface area (Å²) >= 11 is 0. The first-order chi connectivity index (χ1) is 17.9. The lowest BCUT2D eigenvalue weighted by Gasteiger charge is -2.48. The van der Waals surface area contributed by atoms with Crippen molar-refractivity contribution in [1.82, 2.24) is 4.90 Å². The minimum atomic E-state index is -0.973. The Balaban J connectivity index is 1.60. The highest BCUT2D eigenvalue weighted by Gasteiger charge is 2.48. The van der Waals surface area contributed by atoms with E-state index < -0.39 is 11.9 Å². The fourth-order valence-corrected chi connectivity index (χ4v) is 6.23. The summed E-state index contributed by atoms with van der Waals surface area (Å²) in [7, 11) is 2.01. The zero-order valence-electron chi connectivity index (χ0n) is 22.8. The van der Waals surface area contributed by atoms with Gasteiger partial charge in [-0.2, -0.15) is 0 Å². The van der Waals surface area contributed by atoms with Gasteiger partial charge in [0, 0.05) is 53.9 Å². The van der Waals surface area contributed by atoms with Gasteiger partial charge in [-0.3, -0.25) is 9.59 Å². The van der Waals surface area contributed by atoms with E-state index in [2.05, 4.69) is 32.6 Å². The summed E-state index contributed by atoms with van der Waals surface area (Å²) in [6.45, 7) is 8.76. The van der Waals surface area contributed by atoms with E-state index in [1.165, 1.54) is 0 Å². The number of carboxylic acid groups (broad SMARTS) is 1. The number of hydrogen-bond donors (Lipinski definition) is 1. The lowest BCUT2D eigenvalue weighted by Crippen LogP contribution is -2.43. The second kappa shape index (κ2) is 9.26. The first-order valence-corrected chi connectivity index (χ1v) is 13.2. The fraction of sp³-hybridized carbons (Fsp3) is 0.406. The van der Waals surface area contributed by atoms with E-state index in [9.17, 15) is 19.5 Å². The summed E-state index contributed by atoms with van der Waals surface area (Å²) in [4.78, 5) is 40.8. The largest absolute Gasteiger partial charge is 0.489 e. The van der Waals surface area contributed by atoms with E-state index in [1.54, 1.807) is 24.3 Å². The maximum absolute atomic E-state index is 13.8. The number of ether oxygens (including phenoxy) is 1. The first-order valence-electron chi connectivity index (χ1n) is 13.2. The molecule has 0 saturated carbocycles. The Labute approximate surface area is 224 Å². The summed E-state index contributed by atoms with van der Waals surface area (Å²) in [5, 5.41) is 9.18. The Morgan fingerprint density at radius 3 is 1.92 bits per heavy atom. The molecule has 0 aromatic heterocycles. The van der Waals surface area contributed by atoms with Gasteiger partial charge in [-0.15, -0.1) is 0 Å². The number of benzene rings is 2. The van der Waals surface area contributed by atoms with Crippen molar-refractivity contribution < 1.29 is 24.2 Å². The van der Waals surface area contributed by atoms with Gasteiger partial charge < -0.3 is 14.7 Å². The standard InChI is InChI=1S/C32H35NO5/c1-31(2)14-22-28(24(34)16-31)27(29-23(33(22)5)15-32(3,4)17-25(29)35)21-8-6-7-9-26(21)38-18-19-10-12-20(13-11-19)30(36)37/h6-13,27H,14-18H2,1-5H3,(H,36,37). The van der Waals surface area contributed by atoms with Crippen LogP contribution in [0.2, 0.25) is 0 Å². The molecule has 1 N–H and O–H groups in total.